The SMILES string of the molecule is N#Cc1nn(-c2c(Cl)cc(OC(F)(F)F)cc2Cl)c(N)c1C1(C(=O)O)CC1. The van der Waals surface area contributed by atoms with Crippen molar-refractivity contribution in [3.63, 3.8) is 0 Å². The molecule has 0 saturated heterocycles. The Kier molecular flexibility index (Phi) is 4.40. The zero-order valence-electron chi connectivity index (χ0n) is 13.1. The zero-order valence-corrected chi connectivity index (χ0v) is 14.7. The summed E-state index contributed by atoms with van der Waals surface area (Å²) in [5, 5.41) is 22.1. The molecule has 0 aliphatic heterocycles. The minimum atomic E-state index is -4.94. The molecule has 0 bridgehead atoms. The van der Waals surface area contributed by atoms with Gasteiger partial charge >= 0.3 is 12.3 Å². The van der Waals surface area contributed by atoms with E-state index in [2.05, 4.69) is 9.84 Å². The number of hydrogen-bond donors (Lipinski definition) is 2. The molecule has 27 heavy (non-hydrogen) atoms. The van der Waals surface area contributed by atoms with Crippen LogP contribution in [0.4, 0.5) is 19.0 Å². The Hall–Kier alpha value is -2.64. The number of hydrogen-bond acceptors (Lipinski definition) is 5. The molecule has 1 aromatic carbocycles. The van der Waals surface area contributed by atoms with E-state index >= 15 is 0 Å². The Balaban J connectivity index is 2.15. The van der Waals surface area contributed by atoms with E-state index in [9.17, 15) is 28.3 Å². The summed E-state index contributed by atoms with van der Waals surface area (Å²) < 4.78 is 41.8. The number of nitrogen functional groups attached to an aromatic ring is 1. The molecular formula is C15H9Cl2F3N4O3. The summed E-state index contributed by atoms with van der Waals surface area (Å²) in [7, 11) is 0. The van der Waals surface area contributed by atoms with Crippen LogP contribution in [0.1, 0.15) is 24.1 Å². The second kappa shape index (κ2) is 6.21. The fourth-order valence-electron chi connectivity index (χ4n) is 2.78. The van der Waals surface area contributed by atoms with Crippen LogP contribution in [-0.4, -0.2) is 27.2 Å². The number of carbonyl (C=O) groups is 1. The molecule has 3 rings (SSSR count). The molecular weight excluding hydrogens is 412 g/mol. The molecule has 0 spiro atoms. The first-order chi connectivity index (χ1) is 12.5. The third-order valence-electron chi connectivity index (χ3n) is 4.10. The summed E-state index contributed by atoms with van der Waals surface area (Å²) in [6, 6.07) is 3.48. The van der Waals surface area contributed by atoms with Crippen LogP contribution in [0.5, 0.6) is 5.75 Å². The molecule has 12 heteroatoms. The van der Waals surface area contributed by atoms with Gasteiger partial charge in [0.15, 0.2) is 5.69 Å². The third-order valence-corrected chi connectivity index (χ3v) is 4.68. The van der Waals surface area contributed by atoms with Gasteiger partial charge in [0.25, 0.3) is 0 Å². The van der Waals surface area contributed by atoms with Crippen molar-refractivity contribution in [3.8, 4) is 17.5 Å². The van der Waals surface area contributed by atoms with Gasteiger partial charge < -0.3 is 15.6 Å². The van der Waals surface area contributed by atoms with Crippen molar-refractivity contribution >= 4 is 35.0 Å². The van der Waals surface area contributed by atoms with Crippen LogP contribution in [0, 0.1) is 11.3 Å². The van der Waals surface area contributed by atoms with Gasteiger partial charge in [-0.15, -0.1) is 13.2 Å². The van der Waals surface area contributed by atoms with E-state index < -0.39 is 23.5 Å². The Bertz CT molecular complexity index is 970. The van der Waals surface area contributed by atoms with Crippen LogP contribution in [0.25, 0.3) is 5.69 Å². The van der Waals surface area contributed by atoms with E-state index in [-0.39, 0.29) is 45.6 Å². The Morgan fingerprint density at radius 2 is 1.93 bits per heavy atom. The molecule has 2 aromatic rings. The molecule has 1 aromatic heterocycles. The molecule has 1 aliphatic carbocycles. The Labute approximate surface area is 159 Å². The van der Waals surface area contributed by atoms with E-state index in [0.29, 0.717) is 0 Å². The van der Waals surface area contributed by atoms with E-state index in [1.165, 1.54) is 0 Å². The molecule has 1 heterocycles. The second-order valence-electron chi connectivity index (χ2n) is 5.80. The molecule has 1 saturated carbocycles. The number of nitrogens with zero attached hydrogens (tertiary/aromatic N) is 3. The van der Waals surface area contributed by atoms with Crippen LogP contribution in [0.3, 0.4) is 0 Å². The lowest BCUT2D eigenvalue weighted by Gasteiger charge is -2.14. The number of aromatic nitrogens is 2. The van der Waals surface area contributed by atoms with E-state index in [4.69, 9.17) is 28.9 Å². The third kappa shape index (κ3) is 3.24. The first-order valence-corrected chi connectivity index (χ1v) is 8.03. The second-order valence-corrected chi connectivity index (χ2v) is 6.62. The number of benzene rings is 1. The minimum Gasteiger partial charge on any atom is -0.481 e. The maximum atomic E-state index is 12.4. The summed E-state index contributed by atoms with van der Waals surface area (Å²) in [6.45, 7) is 0. The molecule has 0 unspecified atom stereocenters. The zero-order chi connectivity index (χ0) is 20.1. The average molecular weight is 421 g/mol. The molecule has 1 aliphatic rings. The summed E-state index contributed by atoms with van der Waals surface area (Å²) in [4.78, 5) is 11.6. The Morgan fingerprint density at radius 3 is 2.33 bits per heavy atom. The number of ether oxygens (including phenoxy) is 1. The van der Waals surface area contributed by atoms with Gasteiger partial charge in [-0.2, -0.15) is 10.4 Å². The fourth-order valence-corrected chi connectivity index (χ4v) is 3.41. The normalized spacial score (nSPS) is 15.3. The highest BCUT2D eigenvalue weighted by Crippen LogP contribution is 2.52. The highest BCUT2D eigenvalue weighted by atomic mass is 35.5. The number of halogens is 5. The summed E-state index contributed by atoms with van der Waals surface area (Å²) in [6.07, 6.45) is -4.40. The highest BCUT2D eigenvalue weighted by Gasteiger charge is 2.55. The number of nitrogens with two attached hydrogens (primary N) is 1. The van der Waals surface area contributed by atoms with Gasteiger partial charge in [-0.1, -0.05) is 23.2 Å². The fraction of sp³-hybridized carbons (Fsp3) is 0.267. The van der Waals surface area contributed by atoms with Crippen molar-refractivity contribution in [1.29, 1.82) is 5.26 Å². The highest BCUT2D eigenvalue weighted by molar-refractivity contribution is 6.38. The number of anilines is 1. The van der Waals surface area contributed by atoms with Gasteiger partial charge in [-0.25, -0.2) is 4.68 Å². The quantitative estimate of drug-likeness (QED) is 0.779. The van der Waals surface area contributed by atoms with Crippen molar-refractivity contribution in [2.45, 2.75) is 24.6 Å². The number of rotatable bonds is 4. The lowest BCUT2D eigenvalue weighted by molar-refractivity contribution is -0.274. The largest absolute Gasteiger partial charge is 0.573 e. The van der Waals surface area contributed by atoms with Crippen LogP contribution >= 0.6 is 23.2 Å². The van der Waals surface area contributed by atoms with Crippen molar-refractivity contribution in [2.24, 2.45) is 0 Å². The summed E-state index contributed by atoms with van der Waals surface area (Å²) in [5.74, 6) is -1.99. The molecule has 0 amide bonds. The van der Waals surface area contributed by atoms with Crippen molar-refractivity contribution in [3.05, 3.63) is 33.4 Å². The maximum absolute atomic E-state index is 12.4. The molecule has 0 radical (unpaired) electrons. The minimum absolute atomic E-state index is 0.0280. The number of aliphatic carboxylic acids is 1. The molecule has 142 valence electrons. The van der Waals surface area contributed by atoms with Crippen LogP contribution in [-0.2, 0) is 10.2 Å². The van der Waals surface area contributed by atoms with Gasteiger partial charge in [-0.05, 0) is 12.8 Å². The van der Waals surface area contributed by atoms with Gasteiger partial charge in [0.2, 0.25) is 0 Å². The van der Waals surface area contributed by atoms with Crippen molar-refractivity contribution in [2.75, 3.05) is 5.73 Å². The molecule has 1 fully saturated rings. The van der Waals surface area contributed by atoms with Gasteiger partial charge in [0.1, 0.15) is 23.3 Å². The monoisotopic (exact) mass is 420 g/mol. The van der Waals surface area contributed by atoms with Gasteiger partial charge in [-0.3, -0.25) is 4.79 Å². The first kappa shape index (κ1) is 19.1. The van der Waals surface area contributed by atoms with Crippen LogP contribution < -0.4 is 10.5 Å². The summed E-state index contributed by atoms with van der Waals surface area (Å²) >= 11 is 12.0. The maximum Gasteiger partial charge on any atom is 0.573 e. The van der Waals surface area contributed by atoms with Crippen LogP contribution in [0.2, 0.25) is 10.0 Å². The van der Waals surface area contributed by atoms with Crippen LogP contribution in [0.15, 0.2) is 12.1 Å². The predicted octanol–water partition coefficient (Wildman–Crippen LogP) is 3.65. The van der Waals surface area contributed by atoms with Gasteiger partial charge in [0.05, 0.1) is 15.5 Å². The van der Waals surface area contributed by atoms with Crippen molar-refractivity contribution in [1.82, 2.24) is 9.78 Å². The number of nitriles is 1. The lowest BCUT2D eigenvalue weighted by Crippen LogP contribution is -2.21. The van der Waals surface area contributed by atoms with E-state index in [0.717, 1.165) is 16.8 Å². The number of carboxylic acid groups (broad SMARTS) is 1. The average Bonchev–Trinajstić information content (AvgIpc) is 3.25. The number of alkyl halides is 3. The smallest absolute Gasteiger partial charge is 0.481 e. The predicted molar refractivity (Wildman–Crippen MR) is 87.9 cm³/mol. The molecule has 3 N–H and O–H groups in total. The molecule has 7 nitrogen and oxygen atoms in total. The summed E-state index contributed by atoms with van der Waals surface area (Å²) in [5.41, 5.74) is 4.38. The van der Waals surface area contributed by atoms with E-state index in [1.807, 2.05) is 0 Å². The first-order valence-electron chi connectivity index (χ1n) is 7.28. The number of carboxylic acids is 1. The van der Waals surface area contributed by atoms with Crippen molar-refractivity contribution < 1.29 is 27.8 Å². The Morgan fingerprint density at radius 1 is 1.37 bits per heavy atom. The lowest BCUT2D eigenvalue weighted by atomic mass is 9.96. The topological polar surface area (TPSA) is 114 Å². The van der Waals surface area contributed by atoms with E-state index in [1.54, 1.807) is 6.07 Å². The molecule has 0 atom stereocenters. The standard InChI is InChI=1S/C15H9Cl2F3N4O3/c16-7-3-6(27-15(18,19)20)4-8(17)11(7)24-12(22)10(9(5-21)23-24)14(1-2-14)13(25)26/h3-4H,1-2,22H2,(H,25,26). The van der Waals surface area contributed by atoms with Gasteiger partial charge in [0, 0.05) is 17.7 Å².